The molecule has 1 aromatic rings. The van der Waals surface area contributed by atoms with E-state index in [1.165, 1.54) is 0 Å². The van der Waals surface area contributed by atoms with Gasteiger partial charge in [0.25, 0.3) is 0 Å². The fraction of sp³-hybridized carbons (Fsp3) is 0.588. The van der Waals surface area contributed by atoms with Crippen LogP contribution in [0.1, 0.15) is 32.3 Å². The number of carbonyl (C=O) groups is 1. The molecule has 1 aliphatic carbocycles. The lowest BCUT2D eigenvalue weighted by Crippen LogP contribution is -2.54. The highest BCUT2D eigenvalue weighted by molar-refractivity contribution is 5.67. The summed E-state index contributed by atoms with van der Waals surface area (Å²) in [6.45, 7) is 5.22. The molecule has 1 saturated carbocycles. The van der Waals surface area contributed by atoms with Gasteiger partial charge in [0.15, 0.2) is 0 Å². The lowest BCUT2D eigenvalue weighted by molar-refractivity contribution is 0.0173. The summed E-state index contributed by atoms with van der Waals surface area (Å²) in [5.41, 5.74) is 0.834. The van der Waals surface area contributed by atoms with Crippen molar-refractivity contribution >= 4 is 6.09 Å². The number of amides is 1. The molecule has 2 N–H and O–H groups in total. The standard InChI is InChI=1S/C17H26N2O3/c1-17(2,21-3)12-18-14-9-15(10-14)19-16(20)22-11-13-7-5-4-6-8-13/h4-8,14-15,18H,9-12H2,1-3H3,(H,19,20). The van der Waals surface area contributed by atoms with E-state index < -0.39 is 0 Å². The smallest absolute Gasteiger partial charge is 0.407 e. The Labute approximate surface area is 132 Å². The van der Waals surface area contributed by atoms with E-state index >= 15 is 0 Å². The minimum atomic E-state index is -0.343. The van der Waals surface area contributed by atoms with Crippen molar-refractivity contribution in [1.29, 1.82) is 0 Å². The second-order valence-electron chi connectivity index (χ2n) is 6.42. The van der Waals surface area contributed by atoms with Crippen molar-refractivity contribution in [3.63, 3.8) is 0 Å². The Morgan fingerprint density at radius 2 is 1.91 bits per heavy atom. The molecular formula is C17H26N2O3. The average molecular weight is 306 g/mol. The summed E-state index contributed by atoms with van der Waals surface area (Å²) in [6, 6.07) is 10.3. The molecule has 1 amide bonds. The molecule has 0 heterocycles. The zero-order valence-electron chi connectivity index (χ0n) is 13.6. The molecule has 0 saturated heterocycles. The van der Waals surface area contributed by atoms with Crippen LogP contribution in [0.2, 0.25) is 0 Å². The molecule has 1 aliphatic rings. The third-order valence-electron chi connectivity index (χ3n) is 4.04. The van der Waals surface area contributed by atoms with E-state index in [2.05, 4.69) is 24.5 Å². The predicted octanol–water partition coefficient (Wildman–Crippen LogP) is 2.46. The highest BCUT2D eigenvalue weighted by Gasteiger charge is 2.31. The van der Waals surface area contributed by atoms with Crippen molar-refractivity contribution in [1.82, 2.24) is 10.6 Å². The van der Waals surface area contributed by atoms with Gasteiger partial charge in [-0.2, -0.15) is 0 Å². The van der Waals surface area contributed by atoms with E-state index in [-0.39, 0.29) is 17.7 Å². The second kappa shape index (κ2) is 7.61. The van der Waals surface area contributed by atoms with E-state index in [4.69, 9.17) is 9.47 Å². The van der Waals surface area contributed by atoms with Gasteiger partial charge in [-0.25, -0.2) is 4.79 Å². The van der Waals surface area contributed by atoms with Crippen molar-refractivity contribution in [2.75, 3.05) is 13.7 Å². The van der Waals surface area contributed by atoms with Crippen molar-refractivity contribution < 1.29 is 14.3 Å². The Balaban J connectivity index is 1.58. The Bertz CT molecular complexity index is 470. The van der Waals surface area contributed by atoms with Crippen molar-refractivity contribution in [2.45, 2.75) is 51.0 Å². The molecule has 1 aromatic carbocycles. The first-order chi connectivity index (χ1) is 10.5. The van der Waals surface area contributed by atoms with Gasteiger partial charge in [-0.05, 0) is 32.3 Å². The molecule has 0 aliphatic heterocycles. The number of methoxy groups -OCH3 is 1. The van der Waals surface area contributed by atoms with Crippen LogP contribution in [-0.2, 0) is 16.1 Å². The van der Waals surface area contributed by atoms with Crippen LogP contribution in [0.3, 0.4) is 0 Å². The number of alkyl carbamates (subject to hydrolysis) is 1. The Kier molecular flexibility index (Phi) is 5.80. The SMILES string of the molecule is COC(C)(C)CNC1CC(NC(=O)OCc2ccccc2)C1. The summed E-state index contributed by atoms with van der Waals surface area (Å²) in [5, 5.41) is 6.35. The highest BCUT2D eigenvalue weighted by Crippen LogP contribution is 2.21. The van der Waals surface area contributed by atoms with Crippen LogP contribution >= 0.6 is 0 Å². The van der Waals surface area contributed by atoms with Crippen molar-refractivity contribution in [3.05, 3.63) is 35.9 Å². The third kappa shape index (κ3) is 5.31. The lowest BCUT2D eigenvalue weighted by atomic mass is 9.86. The van der Waals surface area contributed by atoms with Gasteiger partial charge >= 0.3 is 6.09 Å². The highest BCUT2D eigenvalue weighted by atomic mass is 16.5. The van der Waals surface area contributed by atoms with Crippen molar-refractivity contribution in [2.24, 2.45) is 0 Å². The van der Waals surface area contributed by atoms with Crippen LogP contribution < -0.4 is 10.6 Å². The van der Waals surface area contributed by atoms with Gasteiger partial charge in [0, 0.05) is 25.7 Å². The first kappa shape index (κ1) is 16.8. The molecule has 0 bridgehead atoms. The fourth-order valence-corrected chi connectivity index (χ4v) is 2.30. The first-order valence-electron chi connectivity index (χ1n) is 7.74. The maximum absolute atomic E-state index is 11.7. The largest absolute Gasteiger partial charge is 0.445 e. The van der Waals surface area contributed by atoms with Crippen LogP contribution in [0.15, 0.2) is 30.3 Å². The molecule has 0 aromatic heterocycles. The van der Waals surface area contributed by atoms with Crippen LogP contribution in [0.25, 0.3) is 0 Å². The Morgan fingerprint density at radius 3 is 2.55 bits per heavy atom. The molecule has 2 rings (SSSR count). The first-order valence-corrected chi connectivity index (χ1v) is 7.74. The molecule has 5 nitrogen and oxygen atoms in total. The quantitative estimate of drug-likeness (QED) is 0.812. The molecule has 0 atom stereocenters. The topological polar surface area (TPSA) is 59.6 Å². The summed E-state index contributed by atoms with van der Waals surface area (Å²) in [6.07, 6.45) is 1.52. The molecule has 22 heavy (non-hydrogen) atoms. The van der Waals surface area contributed by atoms with Crippen LogP contribution in [0.4, 0.5) is 4.79 Å². The van der Waals surface area contributed by atoms with Gasteiger partial charge in [0.1, 0.15) is 6.61 Å². The van der Waals surface area contributed by atoms with Crippen LogP contribution in [0, 0.1) is 0 Å². The molecule has 122 valence electrons. The maximum atomic E-state index is 11.7. The molecule has 0 spiro atoms. The van der Waals surface area contributed by atoms with Crippen molar-refractivity contribution in [3.8, 4) is 0 Å². The van der Waals surface area contributed by atoms with E-state index in [1.54, 1.807) is 7.11 Å². The van der Waals surface area contributed by atoms with Crippen LogP contribution in [0.5, 0.6) is 0 Å². The van der Waals surface area contributed by atoms with E-state index in [0.717, 1.165) is 24.9 Å². The number of benzene rings is 1. The Morgan fingerprint density at radius 1 is 1.23 bits per heavy atom. The monoisotopic (exact) mass is 306 g/mol. The zero-order chi connectivity index (χ0) is 16.0. The van der Waals surface area contributed by atoms with E-state index in [0.29, 0.717) is 12.6 Å². The number of hydrogen-bond donors (Lipinski definition) is 2. The summed E-state index contributed by atoms with van der Waals surface area (Å²) in [4.78, 5) is 11.7. The van der Waals surface area contributed by atoms with Gasteiger partial charge in [0.05, 0.1) is 5.60 Å². The number of hydrogen-bond acceptors (Lipinski definition) is 4. The van der Waals surface area contributed by atoms with Gasteiger partial charge in [-0.15, -0.1) is 0 Å². The lowest BCUT2D eigenvalue weighted by Gasteiger charge is -2.38. The second-order valence-corrected chi connectivity index (χ2v) is 6.42. The minimum absolute atomic E-state index is 0.160. The molecule has 1 fully saturated rings. The third-order valence-corrected chi connectivity index (χ3v) is 4.04. The number of carbonyl (C=O) groups excluding carboxylic acids is 1. The molecule has 0 radical (unpaired) electrons. The summed E-state index contributed by atoms with van der Waals surface area (Å²) in [7, 11) is 1.72. The van der Waals surface area contributed by atoms with Gasteiger partial charge in [-0.1, -0.05) is 30.3 Å². The molecule has 5 heteroatoms. The number of ether oxygens (including phenoxy) is 2. The summed E-state index contributed by atoms with van der Waals surface area (Å²) >= 11 is 0. The van der Waals surface area contributed by atoms with Gasteiger partial charge < -0.3 is 20.1 Å². The normalized spacial score (nSPS) is 21.0. The maximum Gasteiger partial charge on any atom is 0.407 e. The predicted molar refractivity (Wildman–Crippen MR) is 85.7 cm³/mol. The van der Waals surface area contributed by atoms with Gasteiger partial charge in [-0.3, -0.25) is 0 Å². The number of rotatable bonds is 7. The number of nitrogens with one attached hydrogen (secondary N) is 2. The van der Waals surface area contributed by atoms with E-state index in [1.807, 2.05) is 30.3 Å². The summed E-state index contributed by atoms with van der Waals surface area (Å²) < 4.78 is 10.6. The minimum Gasteiger partial charge on any atom is -0.445 e. The Hall–Kier alpha value is -1.59. The molecule has 0 unspecified atom stereocenters. The van der Waals surface area contributed by atoms with Crippen LogP contribution in [-0.4, -0.2) is 37.4 Å². The molecular weight excluding hydrogens is 280 g/mol. The summed E-state index contributed by atoms with van der Waals surface area (Å²) in [5.74, 6) is 0. The van der Waals surface area contributed by atoms with E-state index in [9.17, 15) is 4.79 Å². The fourth-order valence-electron chi connectivity index (χ4n) is 2.30. The van der Waals surface area contributed by atoms with Gasteiger partial charge in [0.2, 0.25) is 0 Å². The average Bonchev–Trinajstić information content (AvgIpc) is 2.48. The zero-order valence-corrected chi connectivity index (χ0v) is 13.6.